The van der Waals surface area contributed by atoms with E-state index in [2.05, 4.69) is 4.98 Å². The Balaban J connectivity index is 2.15. The van der Waals surface area contributed by atoms with Gasteiger partial charge in [-0.25, -0.2) is 4.98 Å². The van der Waals surface area contributed by atoms with Crippen molar-refractivity contribution in [3.63, 3.8) is 0 Å². The van der Waals surface area contributed by atoms with Crippen LogP contribution in [-0.2, 0) is 4.79 Å². The summed E-state index contributed by atoms with van der Waals surface area (Å²) in [6.07, 6.45) is 1.40. The molecule has 2 rings (SSSR count). The number of carbonyl (C=O) groups excluding carboxylic acids is 1. The second kappa shape index (κ2) is 5.51. The molecule has 0 unspecified atom stereocenters. The van der Waals surface area contributed by atoms with Gasteiger partial charge in [0.05, 0.1) is 10.0 Å². The number of halogens is 3. The molecule has 1 aliphatic heterocycles. The molecule has 1 fully saturated rings. The van der Waals surface area contributed by atoms with Crippen molar-refractivity contribution in [2.75, 3.05) is 18.0 Å². The predicted molar refractivity (Wildman–Crippen MR) is 73.4 cm³/mol. The molecule has 0 radical (unpaired) electrons. The number of nitrogens with zero attached hydrogens (tertiary/aromatic N) is 2. The Morgan fingerprint density at radius 3 is 2.44 bits per heavy atom. The Morgan fingerprint density at radius 1 is 1.28 bits per heavy atom. The average molecular weight is 309 g/mol. The van der Waals surface area contributed by atoms with Gasteiger partial charge in [-0.1, -0.05) is 34.8 Å². The van der Waals surface area contributed by atoms with Gasteiger partial charge in [0.25, 0.3) is 0 Å². The van der Waals surface area contributed by atoms with Gasteiger partial charge >= 0.3 is 0 Å². The van der Waals surface area contributed by atoms with Gasteiger partial charge in [0, 0.05) is 19.0 Å². The molecule has 1 aliphatic rings. The molecule has 1 aromatic rings. The second-order valence-corrected chi connectivity index (χ2v) is 5.40. The zero-order valence-electron chi connectivity index (χ0n) is 9.50. The van der Waals surface area contributed by atoms with Crippen molar-refractivity contribution in [2.45, 2.75) is 12.8 Å². The smallest absolute Gasteiger partial charge is 0.220 e. The van der Waals surface area contributed by atoms with Crippen LogP contribution in [0, 0.1) is 5.92 Å². The van der Waals surface area contributed by atoms with Crippen molar-refractivity contribution >= 4 is 46.5 Å². The highest BCUT2D eigenvalue weighted by atomic mass is 35.5. The number of amides is 1. The van der Waals surface area contributed by atoms with Gasteiger partial charge < -0.3 is 10.6 Å². The molecule has 98 valence electrons. The maximum absolute atomic E-state index is 11.1. The molecular formula is C11H12Cl3N3O. The van der Waals surface area contributed by atoms with Crippen molar-refractivity contribution < 1.29 is 4.79 Å². The molecule has 2 N–H and O–H groups in total. The highest BCUT2D eigenvalue weighted by molar-refractivity contribution is 6.42. The van der Waals surface area contributed by atoms with Crippen LogP contribution in [0.15, 0.2) is 6.07 Å². The summed E-state index contributed by atoms with van der Waals surface area (Å²) >= 11 is 17.8. The third-order valence-corrected chi connectivity index (χ3v) is 4.02. The molecule has 18 heavy (non-hydrogen) atoms. The topological polar surface area (TPSA) is 59.2 Å². The lowest BCUT2D eigenvalue weighted by Crippen LogP contribution is -2.39. The van der Waals surface area contributed by atoms with Gasteiger partial charge in [-0.05, 0) is 18.9 Å². The summed E-state index contributed by atoms with van der Waals surface area (Å²) in [5.41, 5.74) is 5.29. The van der Waals surface area contributed by atoms with E-state index >= 15 is 0 Å². The van der Waals surface area contributed by atoms with Crippen LogP contribution in [0.4, 0.5) is 5.82 Å². The lowest BCUT2D eigenvalue weighted by atomic mass is 9.96. The fourth-order valence-electron chi connectivity index (χ4n) is 2.03. The largest absolute Gasteiger partial charge is 0.369 e. The molecule has 7 heteroatoms. The molecule has 0 spiro atoms. The number of hydrogen-bond donors (Lipinski definition) is 1. The van der Waals surface area contributed by atoms with Gasteiger partial charge in [-0.15, -0.1) is 0 Å². The number of aromatic nitrogens is 1. The lowest BCUT2D eigenvalue weighted by Gasteiger charge is -2.32. The molecular weight excluding hydrogens is 297 g/mol. The molecule has 0 aromatic carbocycles. The molecule has 0 saturated carbocycles. The van der Waals surface area contributed by atoms with Gasteiger partial charge in [0.2, 0.25) is 5.91 Å². The minimum Gasteiger partial charge on any atom is -0.369 e. The Bertz CT molecular complexity index is 473. The summed E-state index contributed by atoms with van der Waals surface area (Å²) in [5, 5.41) is 1.02. The predicted octanol–water partition coefficient (Wildman–Crippen LogP) is 2.74. The maximum Gasteiger partial charge on any atom is 0.220 e. The van der Waals surface area contributed by atoms with E-state index in [9.17, 15) is 4.79 Å². The summed E-state index contributed by atoms with van der Waals surface area (Å²) in [6.45, 7) is 1.36. The van der Waals surface area contributed by atoms with Crippen molar-refractivity contribution in [1.29, 1.82) is 0 Å². The summed E-state index contributed by atoms with van der Waals surface area (Å²) in [7, 11) is 0. The van der Waals surface area contributed by atoms with Crippen LogP contribution < -0.4 is 10.6 Å². The fraction of sp³-hybridized carbons (Fsp3) is 0.455. The van der Waals surface area contributed by atoms with Gasteiger partial charge in [0.1, 0.15) is 11.0 Å². The minimum atomic E-state index is -0.247. The van der Waals surface area contributed by atoms with Crippen LogP contribution in [0.3, 0.4) is 0 Å². The summed E-state index contributed by atoms with van der Waals surface area (Å²) < 4.78 is 0. The first-order chi connectivity index (χ1) is 8.49. The SMILES string of the molecule is NC(=O)C1CCN(c2nc(Cl)c(Cl)cc2Cl)CC1. The molecule has 0 bridgehead atoms. The van der Waals surface area contributed by atoms with Crippen molar-refractivity contribution in [3.05, 3.63) is 21.3 Å². The van der Waals surface area contributed by atoms with E-state index in [0.717, 1.165) is 0 Å². The monoisotopic (exact) mass is 307 g/mol. The van der Waals surface area contributed by atoms with E-state index in [1.807, 2.05) is 4.90 Å². The first kappa shape index (κ1) is 13.7. The number of rotatable bonds is 2. The fourth-order valence-corrected chi connectivity index (χ4v) is 2.65. The number of primary amides is 1. The van der Waals surface area contributed by atoms with Crippen molar-refractivity contribution in [1.82, 2.24) is 4.98 Å². The zero-order valence-corrected chi connectivity index (χ0v) is 11.8. The minimum absolute atomic E-state index is 0.0669. The number of pyridine rings is 1. The highest BCUT2D eigenvalue weighted by Crippen LogP contribution is 2.33. The Hall–Kier alpha value is -0.710. The number of piperidine rings is 1. The van der Waals surface area contributed by atoms with E-state index in [-0.39, 0.29) is 17.0 Å². The van der Waals surface area contributed by atoms with Crippen LogP contribution in [0.2, 0.25) is 15.2 Å². The lowest BCUT2D eigenvalue weighted by molar-refractivity contribution is -0.122. The van der Waals surface area contributed by atoms with Crippen molar-refractivity contribution in [3.8, 4) is 0 Å². The van der Waals surface area contributed by atoms with Crippen LogP contribution in [0.1, 0.15) is 12.8 Å². The van der Waals surface area contributed by atoms with E-state index < -0.39 is 0 Å². The normalized spacial score (nSPS) is 16.9. The van der Waals surface area contributed by atoms with Crippen LogP contribution in [0.5, 0.6) is 0 Å². The average Bonchev–Trinajstić information content (AvgIpc) is 2.34. The first-order valence-corrected chi connectivity index (χ1v) is 6.68. The van der Waals surface area contributed by atoms with Gasteiger partial charge in [-0.3, -0.25) is 4.79 Å². The Labute approximate surface area is 120 Å². The van der Waals surface area contributed by atoms with Gasteiger partial charge in [0.15, 0.2) is 0 Å². The molecule has 1 amide bonds. The number of nitrogens with two attached hydrogens (primary N) is 1. The summed E-state index contributed by atoms with van der Waals surface area (Å²) in [6, 6.07) is 1.58. The zero-order chi connectivity index (χ0) is 13.3. The second-order valence-electron chi connectivity index (χ2n) is 4.23. The highest BCUT2D eigenvalue weighted by Gasteiger charge is 2.25. The van der Waals surface area contributed by atoms with E-state index in [1.54, 1.807) is 6.07 Å². The maximum atomic E-state index is 11.1. The van der Waals surface area contributed by atoms with E-state index in [0.29, 0.717) is 41.8 Å². The molecule has 2 heterocycles. The van der Waals surface area contributed by atoms with Crippen molar-refractivity contribution in [2.24, 2.45) is 11.7 Å². The third-order valence-electron chi connectivity index (χ3n) is 3.07. The molecule has 1 saturated heterocycles. The molecule has 0 aliphatic carbocycles. The quantitative estimate of drug-likeness (QED) is 0.855. The van der Waals surface area contributed by atoms with Crippen LogP contribution >= 0.6 is 34.8 Å². The van der Waals surface area contributed by atoms with Gasteiger partial charge in [-0.2, -0.15) is 0 Å². The van der Waals surface area contributed by atoms with Crippen LogP contribution in [0.25, 0.3) is 0 Å². The number of carbonyl (C=O) groups is 1. The Kier molecular flexibility index (Phi) is 4.20. The number of anilines is 1. The number of hydrogen-bond acceptors (Lipinski definition) is 3. The summed E-state index contributed by atoms with van der Waals surface area (Å²) in [5.74, 6) is 0.291. The van der Waals surface area contributed by atoms with Crippen LogP contribution in [-0.4, -0.2) is 24.0 Å². The molecule has 4 nitrogen and oxygen atoms in total. The Morgan fingerprint density at radius 2 is 1.89 bits per heavy atom. The third kappa shape index (κ3) is 2.82. The standard InChI is InChI=1S/C11H12Cl3N3O/c12-7-5-8(13)11(16-9(7)14)17-3-1-6(2-4-17)10(15)18/h5-6H,1-4H2,(H2,15,18). The molecule has 0 atom stereocenters. The molecule has 1 aromatic heterocycles. The van der Waals surface area contributed by atoms with E-state index in [1.165, 1.54) is 0 Å². The summed E-state index contributed by atoms with van der Waals surface area (Å²) in [4.78, 5) is 17.3. The van der Waals surface area contributed by atoms with E-state index in [4.69, 9.17) is 40.5 Å². The first-order valence-electron chi connectivity index (χ1n) is 5.55.